The van der Waals surface area contributed by atoms with Gasteiger partial charge in [0.2, 0.25) is 11.8 Å². The van der Waals surface area contributed by atoms with Crippen LogP contribution in [-0.4, -0.2) is 57.1 Å². The Labute approximate surface area is 219 Å². The average molecular weight is 547 g/mol. The minimum atomic E-state index is -0.885. The molecule has 1 aromatic carbocycles. The van der Waals surface area contributed by atoms with Crippen molar-refractivity contribution in [1.82, 2.24) is 19.4 Å². The molecule has 1 aliphatic heterocycles. The minimum Gasteiger partial charge on any atom is -0.496 e. The summed E-state index contributed by atoms with van der Waals surface area (Å²) in [5, 5.41) is 18.3. The summed E-state index contributed by atoms with van der Waals surface area (Å²) in [6.45, 7) is 2.05. The monoisotopic (exact) mass is 546 g/mol. The van der Waals surface area contributed by atoms with Gasteiger partial charge < -0.3 is 24.7 Å². The summed E-state index contributed by atoms with van der Waals surface area (Å²) in [6.07, 6.45) is 3.55. The SMILES string of the molecule is COc1ccc(F)cc1CCn1c(=O)n(C2CCNC2=O)c(=O)c2c(C)c(-c3ncco3)sc21.OCCO. The molecule has 0 spiro atoms. The van der Waals surface area contributed by atoms with E-state index in [1.54, 1.807) is 6.92 Å². The number of rotatable bonds is 7. The highest BCUT2D eigenvalue weighted by atomic mass is 32.1. The van der Waals surface area contributed by atoms with E-state index < -0.39 is 23.1 Å². The summed E-state index contributed by atoms with van der Waals surface area (Å²) < 4.78 is 27.2. The van der Waals surface area contributed by atoms with E-state index in [0.717, 1.165) is 4.57 Å². The van der Waals surface area contributed by atoms with Crippen molar-refractivity contribution in [2.75, 3.05) is 26.9 Å². The van der Waals surface area contributed by atoms with Crippen LogP contribution in [0.15, 0.2) is 44.7 Å². The molecule has 0 radical (unpaired) electrons. The maximum absolute atomic E-state index is 13.9. The number of aromatic nitrogens is 3. The number of thiophene rings is 1. The number of aliphatic hydroxyl groups excluding tert-OH is 2. The normalized spacial score (nSPS) is 14.9. The van der Waals surface area contributed by atoms with Crippen LogP contribution in [0.5, 0.6) is 5.75 Å². The summed E-state index contributed by atoms with van der Waals surface area (Å²) in [4.78, 5) is 44.8. The lowest BCUT2D eigenvalue weighted by molar-refractivity contribution is -0.122. The highest BCUT2D eigenvalue weighted by Gasteiger charge is 2.32. The molecule has 202 valence electrons. The lowest BCUT2D eigenvalue weighted by Crippen LogP contribution is -2.44. The number of fused-ring (bicyclic) bond motifs is 1. The zero-order valence-corrected chi connectivity index (χ0v) is 21.6. The van der Waals surface area contributed by atoms with Gasteiger partial charge >= 0.3 is 5.69 Å². The van der Waals surface area contributed by atoms with Crippen molar-refractivity contribution in [3.8, 4) is 16.5 Å². The van der Waals surface area contributed by atoms with E-state index >= 15 is 0 Å². The van der Waals surface area contributed by atoms with Crippen molar-refractivity contribution in [2.45, 2.75) is 32.4 Å². The third kappa shape index (κ3) is 5.12. The van der Waals surface area contributed by atoms with E-state index in [9.17, 15) is 18.8 Å². The number of carbonyl (C=O) groups is 1. The van der Waals surface area contributed by atoms with Gasteiger partial charge in [-0.15, -0.1) is 11.3 Å². The van der Waals surface area contributed by atoms with Crippen molar-refractivity contribution < 1.29 is 28.6 Å². The van der Waals surface area contributed by atoms with Crippen molar-refractivity contribution >= 4 is 27.5 Å². The lowest BCUT2D eigenvalue weighted by atomic mass is 10.1. The number of halogens is 1. The fraction of sp³-hybridized carbons (Fsp3) is 0.360. The first-order valence-electron chi connectivity index (χ1n) is 11.8. The third-order valence-electron chi connectivity index (χ3n) is 6.15. The van der Waals surface area contributed by atoms with Crippen LogP contribution in [0.25, 0.3) is 21.0 Å². The second kappa shape index (κ2) is 11.7. The lowest BCUT2D eigenvalue weighted by Gasteiger charge is -2.16. The molecular weight excluding hydrogens is 519 g/mol. The Hall–Kier alpha value is -3.81. The van der Waals surface area contributed by atoms with E-state index in [4.69, 9.17) is 19.4 Å². The molecule has 1 aliphatic rings. The van der Waals surface area contributed by atoms with Gasteiger partial charge in [-0.2, -0.15) is 0 Å². The number of hydrogen-bond acceptors (Lipinski definition) is 9. The number of nitrogens with zero attached hydrogens (tertiary/aromatic N) is 3. The van der Waals surface area contributed by atoms with Crippen molar-refractivity contribution in [1.29, 1.82) is 0 Å². The molecule has 0 saturated carbocycles. The Bertz CT molecular complexity index is 1560. The summed E-state index contributed by atoms with van der Waals surface area (Å²) in [5.74, 6) is 0.0582. The highest BCUT2D eigenvalue weighted by Crippen LogP contribution is 2.36. The fourth-order valence-corrected chi connectivity index (χ4v) is 5.64. The molecule has 38 heavy (non-hydrogen) atoms. The Balaban J connectivity index is 0.000000786. The molecular formula is C25H27FN4O7S. The number of methoxy groups -OCH3 is 1. The van der Waals surface area contributed by atoms with Crippen molar-refractivity contribution in [2.24, 2.45) is 0 Å². The first-order chi connectivity index (χ1) is 18.3. The molecule has 13 heteroatoms. The number of amides is 1. The van der Waals surface area contributed by atoms with Crippen molar-refractivity contribution in [3.63, 3.8) is 0 Å². The Morgan fingerprint density at radius 1 is 1.26 bits per heavy atom. The molecule has 1 atom stereocenters. The van der Waals surface area contributed by atoms with Crippen LogP contribution in [0, 0.1) is 12.7 Å². The number of nitrogens with one attached hydrogen (secondary N) is 1. The van der Waals surface area contributed by atoms with Crippen LogP contribution in [0.1, 0.15) is 23.6 Å². The number of hydrogen-bond donors (Lipinski definition) is 3. The second-order valence-corrected chi connectivity index (χ2v) is 9.43. The molecule has 1 saturated heterocycles. The number of benzene rings is 1. The molecule has 0 aliphatic carbocycles. The van der Waals surface area contributed by atoms with E-state index in [1.807, 2.05) is 0 Å². The summed E-state index contributed by atoms with van der Waals surface area (Å²) in [5.41, 5.74) is 0.0973. The van der Waals surface area contributed by atoms with Gasteiger partial charge in [0.1, 0.15) is 28.7 Å². The molecule has 11 nitrogen and oxygen atoms in total. The van der Waals surface area contributed by atoms with Crippen LogP contribution in [0.4, 0.5) is 4.39 Å². The van der Waals surface area contributed by atoms with Crippen LogP contribution in [0.2, 0.25) is 0 Å². The molecule has 0 bridgehead atoms. The first-order valence-corrected chi connectivity index (χ1v) is 12.6. The van der Waals surface area contributed by atoms with E-state index in [-0.39, 0.29) is 32.1 Å². The number of ether oxygens (including phenoxy) is 1. The topological polar surface area (TPSA) is 149 Å². The number of aryl methyl sites for hydroxylation is 3. The predicted molar refractivity (Wildman–Crippen MR) is 138 cm³/mol. The zero-order chi connectivity index (χ0) is 27.4. The van der Waals surface area contributed by atoms with Gasteiger partial charge in [-0.3, -0.25) is 14.2 Å². The molecule has 1 unspecified atom stereocenters. The van der Waals surface area contributed by atoms with E-state index in [1.165, 1.54) is 53.7 Å². The van der Waals surface area contributed by atoms with Crippen LogP contribution in [0.3, 0.4) is 0 Å². The third-order valence-corrected chi connectivity index (χ3v) is 7.45. The molecule has 4 aromatic rings. The smallest absolute Gasteiger partial charge is 0.332 e. The number of aliphatic hydroxyl groups is 2. The zero-order valence-electron chi connectivity index (χ0n) is 20.8. The fourth-order valence-electron chi connectivity index (χ4n) is 4.38. The van der Waals surface area contributed by atoms with Gasteiger partial charge in [0.25, 0.3) is 5.56 Å². The van der Waals surface area contributed by atoms with E-state index in [2.05, 4.69) is 10.3 Å². The predicted octanol–water partition coefficient (Wildman–Crippen LogP) is 1.61. The molecule has 4 heterocycles. The second-order valence-electron chi connectivity index (χ2n) is 8.43. The van der Waals surface area contributed by atoms with E-state index in [0.29, 0.717) is 50.8 Å². The Morgan fingerprint density at radius 3 is 2.63 bits per heavy atom. The molecule has 1 amide bonds. The molecule has 3 N–H and O–H groups in total. The quantitative estimate of drug-likeness (QED) is 0.317. The number of carbonyl (C=O) groups excluding carboxylic acids is 1. The summed E-state index contributed by atoms with van der Waals surface area (Å²) in [7, 11) is 1.49. The van der Waals surface area contributed by atoms with Crippen molar-refractivity contribution in [3.05, 3.63) is 68.4 Å². The van der Waals surface area contributed by atoms with Gasteiger partial charge in [0.05, 0.1) is 36.8 Å². The van der Waals surface area contributed by atoms with Gasteiger partial charge in [-0.1, -0.05) is 0 Å². The highest BCUT2D eigenvalue weighted by molar-refractivity contribution is 7.22. The standard InChI is InChI=1S/C23H21FN4O5S.C2H6O2/c1-12-17-21(30)28(15-5-7-25-19(15)29)23(31)27(22(17)34-18(12)20-26-8-10-33-20)9-6-13-11-14(24)3-4-16(13)32-2;3-1-2-4/h3-4,8,10-11,15H,5-7,9H2,1-2H3,(H,25,29);3-4H,1-2H2. The van der Waals surface area contributed by atoms with Gasteiger partial charge in [-0.25, -0.2) is 18.7 Å². The van der Waals surface area contributed by atoms with Crippen LogP contribution < -0.4 is 21.3 Å². The van der Waals surface area contributed by atoms with Gasteiger partial charge in [-0.05, 0) is 49.1 Å². The van der Waals surface area contributed by atoms with Gasteiger partial charge in [0, 0.05) is 13.1 Å². The summed E-state index contributed by atoms with van der Waals surface area (Å²) >= 11 is 1.22. The molecule has 3 aromatic heterocycles. The Kier molecular flexibility index (Phi) is 8.39. The van der Waals surface area contributed by atoms with Crippen LogP contribution >= 0.6 is 11.3 Å². The maximum Gasteiger partial charge on any atom is 0.332 e. The first kappa shape index (κ1) is 27.2. The minimum absolute atomic E-state index is 0.125. The molecule has 5 rings (SSSR count). The molecule has 1 fully saturated rings. The largest absolute Gasteiger partial charge is 0.496 e. The summed E-state index contributed by atoms with van der Waals surface area (Å²) in [6, 6.07) is 3.31. The average Bonchev–Trinajstić information content (AvgIpc) is 3.65. The Morgan fingerprint density at radius 2 is 2.03 bits per heavy atom. The van der Waals surface area contributed by atoms with Gasteiger partial charge in [0.15, 0.2) is 0 Å². The number of oxazole rings is 1. The van der Waals surface area contributed by atoms with Crippen LogP contribution in [-0.2, 0) is 17.8 Å². The maximum atomic E-state index is 13.9.